The van der Waals surface area contributed by atoms with Crippen LogP contribution >= 0.6 is 0 Å². The highest BCUT2D eigenvalue weighted by Gasteiger charge is 2.22. The molecule has 1 heterocycles. The first-order valence-corrected chi connectivity index (χ1v) is 20.5. The van der Waals surface area contributed by atoms with Crippen molar-refractivity contribution in [1.29, 1.82) is 0 Å². The second-order valence-electron chi connectivity index (χ2n) is 15.2. The van der Waals surface area contributed by atoms with Crippen molar-refractivity contribution in [2.45, 2.75) is 0 Å². The summed E-state index contributed by atoms with van der Waals surface area (Å²) in [5, 5.41) is 5.94. The molecule has 0 amide bonds. The molecule has 0 bridgehead atoms. The Labute approximate surface area is 349 Å². The van der Waals surface area contributed by atoms with Gasteiger partial charge in [-0.1, -0.05) is 200 Å². The molecule has 0 saturated heterocycles. The van der Waals surface area contributed by atoms with E-state index in [1.54, 1.807) is 0 Å². The number of fused-ring (bicyclic) bond motifs is 4. The van der Waals surface area contributed by atoms with Crippen LogP contribution in [0.3, 0.4) is 0 Å². The molecule has 11 aromatic rings. The second-order valence-corrected chi connectivity index (χ2v) is 15.2. The van der Waals surface area contributed by atoms with Gasteiger partial charge in [0.15, 0.2) is 0 Å². The quantitative estimate of drug-likeness (QED) is 0.143. The van der Waals surface area contributed by atoms with Gasteiger partial charge in [0.2, 0.25) is 0 Å². The molecule has 0 aliphatic rings. The average molecular weight is 766 g/mol. The Kier molecular flexibility index (Phi) is 8.87. The normalized spacial score (nSPS) is 11.3. The van der Waals surface area contributed by atoms with Gasteiger partial charge < -0.3 is 9.32 Å². The molecule has 2 nitrogen and oxygen atoms in total. The third-order valence-electron chi connectivity index (χ3n) is 11.7. The van der Waals surface area contributed by atoms with Crippen molar-refractivity contribution >= 4 is 49.6 Å². The van der Waals surface area contributed by atoms with E-state index in [9.17, 15) is 0 Å². The topological polar surface area (TPSA) is 16.4 Å². The molecule has 282 valence electrons. The van der Waals surface area contributed by atoms with E-state index in [-0.39, 0.29) is 0 Å². The predicted octanol–water partition coefficient (Wildman–Crippen LogP) is 16.5. The summed E-state index contributed by atoms with van der Waals surface area (Å²) in [5.41, 5.74) is 14.5. The first-order chi connectivity index (χ1) is 29.8. The van der Waals surface area contributed by atoms with Crippen LogP contribution in [0.4, 0.5) is 17.1 Å². The molecule has 10 aromatic carbocycles. The zero-order valence-electron chi connectivity index (χ0n) is 32.9. The number of hydrogen-bond donors (Lipinski definition) is 0. The predicted molar refractivity (Wildman–Crippen MR) is 253 cm³/mol. The van der Waals surface area contributed by atoms with Gasteiger partial charge >= 0.3 is 0 Å². The van der Waals surface area contributed by atoms with Gasteiger partial charge in [0, 0.05) is 33.3 Å². The Morgan fingerprint density at radius 1 is 0.300 bits per heavy atom. The van der Waals surface area contributed by atoms with Gasteiger partial charge in [0.1, 0.15) is 11.3 Å². The van der Waals surface area contributed by atoms with Crippen molar-refractivity contribution in [3.8, 4) is 55.8 Å². The first kappa shape index (κ1) is 35.2. The Morgan fingerprint density at radius 3 is 1.52 bits per heavy atom. The summed E-state index contributed by atoms with van der Waals surface area (Å²) in [7, 11) is 0. The number of furan rings is 1. The lowest BCUT2D eigenvalue weighted by Gasteiger charge is -2.28. The monoisotopic (exact) mass is 765 g/mol. The minimum absolute atomic E-state index is 0.857. The molecule has 0 N–H and O–H groups in total. The van der Waals surface area contributed by atoms with Crippen LogP contribution in [0.1, 0.15) is 0 Å². The lowest BCUT2D eigenvalue weighted by atomic mass is 9.89. The van der Waals surface area contributed by atoms with E-state index >= 15 is 0 Å². The van der Waals surface area contributed by atoms with Gasteiger partial charge in [-0.05, 0) is 91.5 Å². The van der Waals surface area contributed by atoms with Crippen molar-refractivity contribution in [3.63, 3.8) is 0 Å². The van der Waals surface area contributed by atoms with Crippen molar-refractivity contribution in [2.75, 3.05) is 4.90 Å². The largest absolute Gasteiger partial charge is 0.455 e. The van der Waals surface area contributed by atoms with E-state index in [0.717, 1.165) is 56.0 Å². The maximum absolute atomic E-state index is 6.74. The Balaban J connectivity index is 1.09. The molecule has 0 radical (unpaired) electrons. The van der Waals surface area contributed by atoms with Crippen LogP contribution < -0.4 is 4.90 Å². The molecule has 11 rings (SSSR count). The van der Waals surface area contributed by atoms with E-state index < -0.39 is 0 Å². The van der Waals surface area contributed by atoms with Crippen LogP contribution in [0.15, 0.2) is 241 Å². The lowest BCUT2D eigenvalue weighted by molar-refractivity contribution is 0.632. The fraction of sp³-hybridized carbons (Fsp3) is 0. The Bertz CT molecular complexity index is 3310. The molecule has 0 aliphatic heterocycles. The lowest BCUT2D eigenvalue weighted by Crippen LogP contribution is -2.11. The smallest absolute Gasteiger partial charge is 0.143 e. The van der Waals surface area contributed by atoms with Gasteiger partial charge in [-0.3, -0.25) is 0 Å². The number of nitrogens with zero attached hydrogens (tertiary/aromatic N) is 1. The van der Waals surface area contributed by atoms with Gasteiger partial charge in [-0.2, -0.15) is 0 Å². The molecule has 0 spiro atoms. The van der Waals surface area contributed by atoms with Gasteiger partial charge in [0.05, 0.1) is 5.69 Å². The molecule has 0 saturated carbocycles. The number of benzene rings is 10. The standard InChI is InChI=1S/C58H39NO/c1-3-18-40(19-4-1)47-25-9-11-28-50(47)51-29-12-10-26-48(51)41-34-36-45(37-35-41)59(55-39-43-22-7-8-27-49(43)52-30-13-14-31-53(52)55)46-24-17-23-44(38-46)58-57(42-20-5-2-6-21-42)54-32-15-16-33-56(54)60-58/h1-39H. The van der Waals surface area contributed by atoms with E-state index in [1.807, 2.05) is 6.07 Å². The molecular formula is C58H39NO. The van der Waals surface area contributed by atoms with E-state index in [0.29, 0.717) is 0 Å². The molecule has 1 aromatic heterocycles. The van der Waals surface area contributed by atoms with Crippen LogP contribution in [0.2, 0.25) is 0 Å². The van der Waals surface area contributed by atoms with Crippen molar-refractivity contribution in [2.24, 2.45) is 0 Å². The molecule has 60 heavy (non-hydrogen) atoms. The zero-order chi connectivity index (χ0) is 39.8. The van der Waals surface area contributed by atoms with E-state index in [4.69, 9.17) is 4.42 Å². The number of hydrogen-bond acceptors (Lipinski definition) is 2. The maximum Gasteiger partial charge on any atom is 0.143 e. The minimum Gasteiger partial charge on any atom is -0.455 e. The molecule has 0 aliphatic carbocycles. The molecular weight excluding hydrogens is 727 g/mol. The van der Waals surface area contributed by atoms with Gasteiger partial charge in [0.25, 0.3) is 0 Å². The third-order valence-corrected chi connectivity index (χ3v) is 11.7. The van der Waals surface area contributed by atoms with E-state index in [2.05, 4.69) is 235 Å². The minimum atomic E-state index is 0.857. The van der Waals surface area contributed by atoms with Crippen molar-refractivity contribution in [1.82, 2.24) is 0 Å². The summed E-state index contributed by atoms with van der Waals surface area (Å²) in [5.74, 6) is 0.857. The molecule has 0 fully saturated rings. The van der Waals surface area contributed by atoms with Crippen LogP contribution in [0.5, 0.6) is 0 Å². The summed E-state index contributed by atoms with van der Waals surface area (Å²) in [4.78, 5) is 2.41. The third kappa shape index (κ3) is 6.23. The van der Waals surface area contributed by atoms with Crippen LogP contribution in [0, 0.1) is 0 Å². The zero-order valence-corrected chi connectivity index (χ0v) is 32.9. The van der Waals surface area contributed by atoms with Crippen LogP contribution in [-0.4, -0.2) is 0 Å². The summed E-state index contributed by atoms with van der Waals surface area (Å²) in [6.45, 7) is 0. The second kappa shape index (κ2) is 15.1. The summed E-state index contributed by atoms with van der Waals surface area (Å²) in [6, 6.07) is 84.7. The van der Waals surface area contributed by atoms with Gasteiger partial charge in [-0.15, -0.1) is 0 Å². The molecule has 0 unspecified atom stereocenters. The summed E-state index contributed by atoms with van der Waals surface area (Å²) < 4.78 is 6.74. The molecule has 2 heteroatoms. The van der Waals surface area contributed by atoms with Crippen LogP contribution in [-0.2, 0) is 0 Å². The summed E-state index contributed by atoms with van der Waals surface area (Å²) in [6.07, 6.45) is 0. The Hall–Kier alpha value is -7.94. The van der Waals surface area contributed by atoms with Gasteiger partial charge in [-0.25, -0.2) is 0 Å². The Morgan fingerprint density at radius 2 is 0.817 bits per heavy atom. The number of para-hydroxylation sites is 1. The molecule has 0 atom stereocenters. The summed E-state index contributed by atoms with van der Waals surface area (Å²) >= 11 is 0. The highest BCUT2D eigenvalue weighted by Crippen LogP contribution is 2.46. The number of rotatable bonds is 8. The fourth-order valence-electron chi connectivity index (χ4n) is 8.92. The highest BCUT2D eigenvalue weighted by atomic mass is 16.3. The van der Waals surface area contributed by atoms with Crippen LogP contribution in [0.25, 0.3) is 88.3 Å². The average Bonchev–Trinajstić information content (AvgIpc) is 3.73. The van der Waals surface area contributed by atoms with E-state index in [1.165, 1.54) is 49.4 Å². The maximum atomic E-state index is 6.74. The number of anilines is 3. The van der Waals surface area contributed by atoms with Crippen molar-refractivity contribution < 1.29 is 4.42 Å². The SMILES string of the molecule is c1ccc(-c2ccccc2-c2ccccc2-c2ccc(N(c3cccc(-c4oc5ccccc5c4-c4ccccc4)c3)c3cc4ccccc4c4ccccc34)cc2)cc1. The van der Waals surface area contributed by atoms with Crippen molar-refractivity contribution in [3.05, 3.63) is 237 Å². The highest BCUT2D eigenvalue weighted by molar-refractivity contribution is 6.14. The first-order valence-electron chi connectivity index (χ1n) is 20.5. The fourth-order valence-corrected chi connectivity index (χ4v) is 8.92.